The van der Waals surface area contributed by atoms with E-state index in [0.29, 0.717) is 12.5 Å². The first-order valence-corrected chi connectivity index (χ1v) is 8.84. The maximum absolute atomic E-state index is 13.0. The molecule has 2 aromatic rings. The largest absolute Gasteiger partial charge is 0.496 e. The van der Waals surface area contributed by atoms with Gasteiger partial charge in [-0.25, -0.2) is 4.39 Å². The molecule has 0 spiro atoms. The second-order valence-corrected chi connectivity index (χ2v) is 6.25. The van der Waals surface area contributed by atoms with Crippen LogP contribution in [0.5, 0.6) is 5.75 Å². The average molecular weight is 484 g/mol. The third-order valence-electron chi connectivity index (χ3n) is 4.64. The van der Waals surface area contributed by atoms with Crippen molar-refractivity contribution in [2.75, 3.05) is 44.7 Å². The van der Waals surface area contributed by atoms with E-state index in [-0.39, 0.29) is 29.8 Å². The Balaban J connectivity index is 0.00000261. The van der Waals surface area contributed by atoms with Gasteiger partial charge in [0.25, 0.3) is 0 Å². The fourth-order valence-electron chi connectivity index (χ4n) is 3.15. The number of nitrogens with zero attached hydrogens (tertiary/aromatic N) is 3. The summed E-state index contributed by atoms with van der Waals surface area (Å²) < 4.78 is 18.4. The molecule has 1 saturated heterocycles. The SMILES string of the molecule is COc1ccccc1CCN=C(N)N1CCN(c2ccc(F)cc2)CC1.I. The van der Waals surface area contributed by atoms with Crippen molar-refractivity contribution >= 4 is 35.6 Å². The normalized spacial score (nSPS) is 14.7. The van der Waals surface area contributed by atoms with E-state index in [2.05, 4.69) is 14.8 Å². The van der Waals surface area contributed by atoms with Gasteiger partial charge in [-0.3, -0.25) is 4.99 Å². The number of anilines is 1. The van der Waals surface area contributed by atoms with Crippen LogP contribution >= 0.6 is 24.0 Å². The van der Waals surface area contributed by atoms with Crippen LogP contribution in [-0.4, -0.2) is 50.7 Å². The molecule has 0 radical (unpaired) electrons. The quantitative estimate of drug-likeness (QED) is 0.403. The van der Waals surface area contributed by atoms with Crippen LogP contribution < -0.4 is 15.4 Å². The van der Waals surface area contributed by atoms with Crippen LogP contribution in [-0.2, 0) is 6.42 Å². The smallest absolute Gasteiger partial charge is 0.191 e. The molecule has 27 heavy (non-hydrogen) atoms. The molecule has 3 rings (SSSR count). The lowest BCUT2D eigenvalue weighted by molar-refractivity contribution is 0.380. The van der Waals surface area contributed by atoms with Gasteiger partial charge in [-0.2, -0.15) is 0 Å². The van der Waals surface area contributed by atoms with E-state index in [1.165, 1.54) is 12.1 Å². The molecule has 7 heteroatoms. The molecule has 0 saturated carbocycles. The number of methoxy groups -OCH3 is 1. The number of benzene rings is 2. The Kier molecular flexibility index (Phi) is 8.15. The van der Waals surface area contributed by atoms with E-state index in [9.17, 15) is 4.39 Å². The fraction of sp³-hybridized carbons (Fsp3) is 0.350. The van der Waals surface area contributed by atoms with Crippen LogP contribution in [0.2, 0.25) is 0 Å². The maximum atomic E-state index is 13.0. The zero-order valence-corrected chi connectivity index (χ0v) is 17.8. The van der Waals surface area contributed by atoms with Crippen molar-refractivity contribution in [1.29, 1.82) is 0 Å². The zero-order valence-electron chi connectivity index (χ0n) is 15.5. The highest BCUT2D eigenvalue weighted by molar-refractivity contribution is 14.0. The summed E-state index contributed by atoms with van der Waals surface area (Å²) in [7, 11) is 1.68. The topological polar surface area (TPSA) is 54.1 Å². The van der Waals surface area contributed by atoms with E-state index in [4.69, 9.17) is 10.5 Å². The van der Waals surface area contributed by atoms with Crippen molar-refractivity contribution in [3.8, 4) is 5.75 Å². The van der Waals surface area contributed by atoms with Crippen molar-refractivity contribution in [2.45, 2.75) is 6.42 Å². The summed E-state index contributed by atoms with van der Waals surface area (Å²) in [4.78, 5) is 8.86. The summed E-state index contributed by atoms with van der Waals surface area (Å²) in [6, 6.07) is 14.6. The molecule has 146 valence electrons. The van der Waals surface area contributed by atoms with Gasteiger partial charge < -0.3 is 20.3 Å². The monoisotopic (exact) mass is 484 g/mol. The van der Waals surface area contributed by atoms with Crippen molar-refractivity contribution in [2.24, 2.45) is 10.7 Å². The molecular weight excluding hydrogens is 458 g/mol. The third kappa shape index (κ3) is 5.72. The van der Waals surface area contributed by atoms with Crippen LogP contribution in [0.1, 0.15) is 5.56 Å². The molecule has 0 bridgehead atoms. The number of aliphatic imine (C=N–C) groups is 1. The first-order valence-electron chi connectivity index (χ1n) is 8.84. The standard InChI is InChI=1S/C20H25FN4O.HI/c1-26-19-5-3-2-4-16(19)10-11-23-20(22)25-14-12-24(13-15-25)18-8-6-17(21)7-9-18;/h2-9H,10-15H2,1H3,(H2,22,23);1H. The van der Waals surface area contributed by atoms with Gasteiger partial charge in [-0.05, 0) is 42.3 Å². The Morgan fingerprint density at radius 1 is 1.07 bits per heavy atom. The summed E-state index contributed by atoms with van der Waals surface area (Å²) >= 11 is 0. The van der Waals surface area contributed by atoms with Crippen LogP contribution in [0.15, 0.2) is 53.5 Å². The van der Waals surface area contributed by atoms with Crippen LogP contribution in [0.3, 0.4) is 0 Å². The lowest BCUT2D eigenvalue weighted by atomic mass is 10.1. The zero-order chi connectivity index (χ0) is 18.4. The molecule has 0 amide bonds. The molecular formula is C20H26FIN4O. The van der Waals surface area contributed by atoms with Gasteiger partial charge >= 0.3 is 0 Å². The number of ether oxygens (including phenoxy) is 1. The van der Waals surface area contributed by atoms with Crippen LogP contribution in [0.4, 0.5) is 10.1 Å². The highest BCUT2D eigenvalue weighted by atomic mass is 127. The van der Waals surface area contributed by atoms with Gasteiger partial charge in [0.15, 0.2) is 5.96 Å². The summed E-state index contributed by atoms with van der Waals surface area (Å²) in [5.41, 5.74) is 8.34. The average Bonchev–Trinajstić information content (AvgIpc) is 2.69. The van der Waals surface area contributed by atoms with Crippen molar-refractivity contribution in [1.82, 2.24) is 4.90 Å². The number of para-hydroxylation sites is 1. The first-order chi connectivity index (χ1) is 12.7. The van der Waals surface area contributed by atoms with E-state index in [0.717, 1.165) is 49.6 Å². The molecule has 0 aromatic heterocycles. The lowest BCUT2D eigenvalue weighted by Gasteiger charge is -2.36. The molecule has 0 atom stereocenters. The number of nitrogens with two attached hydrogens (primary N) is 1. The minimum absolute atomic E-state index is 0. The Hall–Kier alpha value is -2.03. The van der Waals surface area contributed by atoms with Gasteiger partial charge in [-0.1, -0.05) is 18.2 Å². The summed E-state index contributed by atoms with van der Waals surface area (Å²) in [6.45, 7) is 3.93. The highest BCUT2D eigenvalue weighted by Gasteiger charge is 2.18. The minimum atomic E-state index is -0.209. The first kappa shape index (κ1) is 21.3. The number of hydrogen-bond donors (Lipinski definition) is 1. The van der Waals surface area contributed by atoms with E-state index < -0.39 is 0 Å². The summed E-state index contributed by atoms with van der Waals surface area (Å²) in [5.74, 6) is 1.26. The highest BCUT2D eigenvalue weighted by Crippen LogP contribution is 2.18. The molecule has 1 aliphatic rings. The fourth-order valence-corrected chi connectivity index (χ4v) is 3.15. The Morgan fingerprint density at radius 2 is 1.74 bits per heavy atom. The van der Waals surface area contributed by atoms with Crippen molar-refractivity contribution < 1.29 is 9.13 Å². The summed E-state index contributed by atoms with van der Waals surface area (Å²) in [5, 5.41) is 0. The Bertz CT molecular complexity index is 746. The second kappa shape index (κ2) is 10.3. The molecule has 1 heterocycles. The number of piperazine rings is 1. The summed E-state index contributed by atoms with van der Waals surface area (Å²) in [6.07, 6.45) is 0.792. The van der Waals surface area contributed by atoms with Crippen LogP contribution in [0.25, 0.3) is 0 Å². The van der Waals surface area contributed by atoms with Gasteiger partial charge in [0.05, 0.1) is 7.11 Å². The molecule has 0 unspecified atom stereocenters. The maximum Gasteiger partial charge on any atom is 0.191 e. The van der Waals surface area contributed by atoms with E-state index in [1.807, 2.05) is 36.4 Å². The molecule has 0 aliphatic carbocycles. The number of hydrogen-bond acceptors (Lipinski definition) is 3. The van der Waals surface area contributed by atoms with Gasteiger partial charge in [-0.15, -0.1) is 24.0 Å². The van der Waals surface area contributed by atoms with Crippen LogP contribution in [0, 0.1) is 5.82 Å². The Labute approximate surface area is 177 Å². The van der Waals surface area contributed by atoms with E-state index >= 15 is 0 Å². The van der Waals surface area contributed by atoms with Gasteiger partial charge in [0.2, 0.25) is 0 Å². The molecule has 1 fully saturated rings. The number of guanidine groups is 1. The second-order valence-electron chi connectivity index (χ2n) is 6.25. The molecule has 2 N–H and O–H groups in total. The number of rotatable bonds is 5. The van der Waals surface area contributed by atoms with Gasteiger partial charge in [0, 0.05) is 38.4 Å². The third-order valence-corrected chi connectivity index (χ3v) is 4.64. The molecule has 1 aliphatic heterocycles. The van der Waals surface area contributed by atoms with Crippen molar-refractivity contribution in [3.05, 3.63) is 59.9 Å². The predicted molar refractivity (Wildman–Crippen MR) is 119 cm³/mol. The molecule has 2 aromatic carbocycles. The van der Waals surface area contributed by atoms with Gasteiger partial charge in [0.1, 0.15) is 11.6 Å². The molecule has 5 nitrogen and oxygen atoms in total. The van der Waals surface area contributed by atoms with E-state index in [1.54, 1.807) is 7.11 Å². The Morgan fingerprint density at radius 3 is 2.41 bits per heavy atom. The lowest BCUT2D eigenvalue weighted by Crippen LogP contribution is -2.51. The van der Waals surface area contributed by atoms with Crippen molar-refractivity contribution in [3.63, 3.8) is 0 Å². The predicted octanol–water partition coefficient (Wildman–Crippen LogP) is 3.13. The minimum Gasteiger partial charge on any atom is -0.496 e. The number of halogens is 2.